The van der Waals surface area contributed by atoms with Crippen LogP contribution in [0.25, 0.3) is 0 Å². The van der Waals surface area contributed by atoms with Gasteiger partial charge in [-0.05, 0) is 51.1 Å². The molecule has 1 N–H and O–H groups in total. The molecule has 1 aliphatic rings. The largest absolute Gasteiger partial charge is 0.479 e. The molecule has 1 aliphatic heterocycles. The first-order valence-corrected chi connectivity index (χ1v) is 7.82. The Morgan fingerprint density at radius 1 is 1.52 bits per heavy atom. The lowest BCUT2D eigenvalue weighted by molar-refractivity contribution is -0.136. The molecule has 1 amide bonds. The highest BCUT2D eigenvalue weighted by Gasteiger charge is 2.29. The van der Waals surface area contributed by atoms with Gasteiger partial charge < -0.3 is 15.0 Å². The summed E-state index contributed by atoms with van der Waals surface area (Å²) < 4.78 is 5.67. The summed E-state index contributed by atoms with van der Waals surface area (Å²) in [5, 5.41) is 4.11. The second-order valence-corrected chi connectivity index (χ2v) is 6.18. The van der Waals surface area contributed by atoms with Crippen LogP contribution in [0.15, 0.2) is 18.2 Å². The van der Waals surface area contributed by atoms with E-state index in [0.29, 0.717) is 21.7 Å². The fourth-order valence-electron chi connectivity index (χ4n) is 2.56. The lowest BCUT2D eigenvalue weighted by atomic mass is 10.1. The molecule has 0 saturated carbocycles. The number of hydrogen-bond donors (Lipinski definition) is 1. The molecule has 116 valence electrons. The number of hydrogen-bond acceptors (Lipinski definition) is 3. The predicted octanol–water partition coefficient (Wildman–Crippen LogP) is 2.83. The van der Waals surface area contributed by atoms with Crippen LogP contribution in [0.2, 0.25) is 10.0 Å². The first kappa shape index (κ1) is 16.4. The molecule has 1 aromatic rings. The van der Waals surface area contributed by atoms with Gasteiger partial charge in [0.2, 0.25) is 0 Å². The van der Waals surface area contributed by atoms with E-state index >= 15 is 0 Å². The number of halogens is 2. The summed E-state index contributed by atoms with van der Waals surface area (Å²) in [6, 6.07) is 4.98. The summed E-state index contributed by atoms with van der Waals surface area (Å²) >= 11 is 11.9. The van der Waals surface area contributed by atoms with Gasteiger partial charge in [0.05, 0.1) is 5.02 Å². The van der Waals surface area contributed by atoms with Gasteiger partial charge in [-0.15, -0.1) is 0 Å². The molecule has 2 atom stereocenters. The maximum absolute atomic E-state index is 12.4. The Bertz CT molecular complexity index is 510. The van der Waals surface area contributed by atoms with Crippen LogP contribution in [0.4, 0.5) is 0 Å². The molecule has 0 aliphatic carbocycles. The van der Waals surface area contributed by atoms with Crippen molar-refractivity contribution in [1.82, 2.24) is 10.2 Å². The van der Waals surface area contributed by atoms with E-state index in [-0.39, 0.29) is 5.91 Å². The van der Waals surface area contributed by atoms with Crippen molar-refractivity contribution in [3.63, 3.8) is 0 Å². The van der Waals surface area contributed by atoms with E-state index in [2.05, 4.69) is 5.32 Å². The smallest absolute Gasteiger partial charge is 0.263 e. The van der Waals surface area contributed by atoms with E-state index in [4.69, 9.17) is 27.9 Å². The Morgan fingerprint density at radius 3 is 2.95 bits per heavy atom. The molecular formula is C15H20Cl2N2O2. The molecule has 0 radical (unpaired) electrons. The molecule has 1 fully saturated rings. The van der Waals surface area contributed by atoms with Crippen LogP contribution in [0.5, 0.6) is 5.75 Å². The lowest BCUT2D eigenvalue weighted by Crippen LogP contribution is -2.39. The lowest BCUT2D eigenvalue weighted by Gasteiger charge is -2.22. The first-order chi connectivity index (χ1) is 10.0. The van der Waals surface area contributed by atoms with Crippen LogP contribution in [-0.4, -0.2) is 43.6 Å². The number of rotatable bonds is 5. The van der Waals surface area contributed by atoms with Gasteiger partial charge in [-0.2, -0.15) is 0 Å². The molecule has 1 aromatic carbocycles. The summed E-state index contributed by atoms with van der Waals surface area (Å²) in [7, 11) is 1.93. The Balaban J connectivity index is 1.94. The zero-order valence-corrected chi connectivity index (χ0v) is 13.7. The first-order valence-electron chi connectivity index (χ1n) is 7.06. The Labute approximate surface area is 135 Å². The molecule has 0 aromatic heterocycles. The molecule has 1 heterocycles. The molecule has 6 heteroatoms. The number of likely N-dealkylation sites (tertiary alicyclic amines) is 1. The number of carbonyl (C=O) groups excluding carboxylic acids is 1. The van der Waals surface area contributed by atoms with E-state index in [9.17, 15) is 4.79 Å². The fraction of sp³-hybridized carbons (Fsp3) is 0.533. The highest BCUT2D eigenvalue weighted by Crippen LogP contribution is 2.28. The van der Waals surface area contributed by atoms with Crippen LogP contribution in [0.3, 0.4) is 0 Å². The van der Waals surface area contributed by atoms with E-state index < -0.39 is 6.10 Å². The SMILES string of the molecule is CNC[C@@H]1CCN(C(=O)[C@H](C)Oc2ccc(Cl)cc2Cl)C1. The van der Waals surface area contributed by atoms with Crippen molar-refractivity contribution in [2.75, 3.05) is 26.7 Å². The van der Waals surface area contributed by atoms with E-state index in [1.807, 2.05) is 11.9 Å². The number of carbonyl (C=O) groups is 1. The molecule has 1 saturated heterocycles. The maximum atomic E-state index is 12.4. The minimum atomic E-state index is -0.558. The molecule has 0 unspecified atom stereocenters. The van der Waals surface area contributed by atoms with Gasteiger partial charge in [0.1, 0.15) is 5.75 Å². The van der Waals surface area contributed by atoms with Crippen molar-refractivity contribution in [2.24, 2.45) is 5.92 Å². The summed E-state index contributed by atoms with van der Waals surface area (Å²) in [6.45, 7) is 4.25. The molecule has 0 spiro atoms. The van der Waals surface area contributed by atoms with Crippen LogP contribution < -0.4 is 10.1 Å². The van der Waals surface area contributed by atoms with Crippen LogP contribution in [-0.2, 0) is 4.79 Å². The fourth-order valence-corrected chi connectivity index (χ4v) is 3.01. The molecule has 0 bridgehead atoms. The third kappa shape index (κ3) is 4.25. The van der Waals surface area contributed by atoms with Crippen molar-refractivity contribution in [1.29, 1.82) is 0 Å². The van der Waals surface area contributed by atoms with Crippen LogP contribution in [0, 0.1) is 5.92 Å². The maximum Gasteiger partial charge on any atom is 0.263 e. The van der Waals surface area contributed by atoms with E-state index in [1.54, 1.807) is 25.1 Å². The Hall–Kier alpha value is -0.970. The zero-order chi connectivity index (χ0) is 15.4. The average molecular weight is 331 g/mol. The van der Waals surface area contributed by atoms with Gasteiger partial charge in [-0.1, -0.05) is 23.2 Å². The summed E-state index contributed by atoms with van der Waals surface area (Å²) in [5.74, 6) is 0.998. The van der Waals surface area contributed by atoms with Crippen molar-refractivity contribution in [2.45, 2.75) is 19.4 Å². The highest BCUT2D eigenvalue weighted by atomic mass is 35.5. The van der Waals surface area contributed by atoms with Crippen LogP contribution >= 0.6 is 23.2 Å². The van der Waals surface area contributed by atoms with Crippen molar-refractivity contribution < 1.29 is 9.53 Å². The third-order valence-electron chi connectivity index (χ3n) is 3.64. The van der Waals surface area contributed by atoms with Gasteiger partial charge >= 0.3 is 0 Å². The second kappa shape index (κ2) is 7.34. The summed E-state index contributed by atoms with van der Waals surface area (Å²) in [5.41, 5.74) is 0. The number of amides is 1. The number of nitrogens with zero attached hydrogens (tertiary/aromatic N) is 1. The van der Waals surface area contributed by atoms with E-state index in [0.717, 1.165) is 26.1 Å². The summed E-state index contributed by atoms with van der Waals surface area (Å²) in [6.07, 6.45) is 0.470. The number of ether oxygens (including phenoxy) is 1. The second-order valence-electron chi connectivity index (χ2n) is 5.33. The van der Waals surface area contributed by atoms with Crippen molar-refractivity contribution in [3.05, 3.63) is 28.2 Å². The van der Waals surface area contributed by atoms with Crippen LogP contribution in [0.1, 0.15) is 13.3 Å². The van der Waals surface area contributed by atoms with Gasteiger partial charge in [-0.25, -0.2) is 0 Å². The number of benzene rings is 1. The van der Waals surface area contributed by atoms with Gasteiger partial charge in [-0.3, -0.25) is 4.79 Å². The van der Waals surface area contributed by atoms with Gasteiger partial charge in [0.25, 0.3) is 5.91 Å². The Morgan fingerprint density at radius 2 is 2.29 bits per heavy atom. The molecule has 4 nitrogen and oxygen atoms in total. The monoisotopic (exact) mass is 330 g/mol. The molecular weight excluding hydrogens is 311 g/mol. The topological polar surface area (TPSA) is 41.6 Å². The van der Waals surface area contributed by atoms with Gasteiger partial charge in [0, 0.05) is 18.1 Å². The molecule has 21 heavy (non-hydrogen) atoms. The Kier molecular flexibility index (Phi) is 5.73. The zero-order valence-electron chi connectivity index (χ0n) is 12.2. The van der Waals surface area contributed by atoms with Crippen molar-refractivity contribution in [3.8, 4) is 5.75 Å². The van der Waals surface area contributed by atoms with Gasteiger partial charge in [0.15, 0.2) is 6.10 Å². The average Bonchev–Trinajstić information content (AvgIpc) is 2.90. The third-order valence-corrected chi connectivity index (χ3v) is 4.17. The minimum absolute atomic E-state index is 0.000352. The minimum Gasteiger partial charge on any atom is -0.479 e. The summed E-state index contributed by atoms with van der Waals surface area (Å²) in [4.78, 5) is 14.2. The predicted molar refractivity (Wildman–Crippen MR) is 85.2 cm³/mol. The standard InChI is InChI=1S/C15H20Cl2N2O2/c1-10(21-14-4-3-12(16)7-13(14)17)15(20)19-6-5-11(9-19)8-18-2/h3-4,7,10-11,18H,5-6,8-9H2,1-2H3/t10-,11-/m0/s1. The van der Waals surface area contributed by atoms with Crippen molar-refractivity contribution >= 4 is 29.1 Å². The van der Waals surface area contributed by atoms with E-state index in [1.165, 1.54) is 0 Å². The molecule has 2 rings (SSSR count). The highest BCUT2D eigenvalue weighted by molar-refractivity contribution is 6.35. The normalized spacial score (nSPS) is 19.6. The quantitative estimate of drug-likeness (QED) is 0.902. The number of nitrogens with one attached hydrogen (secondary N) is 1.